The predicted molar refractivity (Wildman–Crippen MR) is 102 cm³/mol. The number of carbonyl (C=O) groups excluding carboxylic acids is 1. The van der Waals surface area contributed by atoms with Crippen molar-refractivity contribution in [2.45, 2.75) is 30.8 Å². The van der Waals surface area contributed by atoms with Crippen LogP contribution in [0.1, 0.15) is 31.0 Å². The molecule has 2 aromatic rings. The second-order valence-corrected chi connectivity index (χ2v) is 8.18. The Balaban J connectivity index is 1.99. The van der Waals surface area contributed by atoms with Crippen LogP contribution in [0.15, 0.2) is 24.3 Å². The van der Waals surface area contributed by atoms with Crippen LogP contribution in [0, 0.1) is 11.7 Å². The molecule has 1 aromatic carbocycles. The summed E-state index contributed by atoms with van der Waals surface area (Å²) in [7, 11) is 0. The number of hydrogen-bond acceptors (Lipinski definition) is 5. The van der Waals surface area contributed by atoms with Crippen molar-refractivity contribution < 1.29 is 19.0 Å². The molecule has 1 aromatic heterocycles. The number of pyridine rings is 1. The van der Waals surface area contributed by atoms with E-state index in [2.05, 4.69) is 4.98 Å². The van der Waals surface area contributed by atoms with Gasteiger partial charge < -0.3 is 21.3 Å². The lowest BCUT2D eigenvalue weighted by molar-refractivity contribution is -0.123. The molecule has 1 aliphatic heterocycles. The van der Waals surface area contributed by atoms with Gasteiger partial charge in [0.05, 0.1) is 5.69 Å². The first-order chi connectivity index (χ1) is 13.2. The fourth-order valence-corrected chi connectivity index (χ4v) is 3.87. The third kappa shape index (κ3) is 2.77. The van der Waals surface area contributed by atoms with E-state index in [1.807, 2.05) is 0 Å². The first-order valence-electron chi connectivity index (χ1n) is 9.07. The van der Waals surface area contributed by atoms with Crippen LogP contribution in [0.2, 0.25) is 5.02 Å². The topological polar surface area (TPSA) is 111 Å². The molecule has 2 aliphatic rings. The van der Waals surface area contributed by atoms with E-state index >= 15 is 0 Å². The number of aromatic nitrogens is 1. The predicted octanol–water partition coefficient (Wildman–Crippen LogP) is 2.23. The van der Waals surface area contributed by atoms with E-state index in [0.29, 0.717) is 11.3 Å². The molecule has 4 rings (SSSR count). The minimum atomic E-state index is -1.37. The van der Waals surface area contributed by atoms with Crippen LogP contribution in [-0.2, 0) is 15.8 Å². The number of nitrogens with zero attached hydrogens (tertiary/aromatic N) is 1. The number of fused-ring (bicyclic) bond motifs is 1. The minimum Gasteiger partial charge on any atom is -0.489 e. The standard InChI is InChI=1S/C20H21ClFN3O3/c1-19(18(24)26)9-28-17-13(19)7-15(20(27,8-23)10-2-3-10)25-16(17)12-5-4-11(21)6-14(12)22/h4-7,10,27H,2-3,8-9,23H2,1H3,(H2,24,26)/t19-,20+/m0/s1. The van der Waals surface area contributed by atoms with Crippen LogP contribution in [0.25, 0.3) is 11.3 Å². The second-order valence-electron chi connectivity index (χ2n) is 7.74. The largest absolute Gasteiger partial charge is 0.489 e. The molecule has 1 amide bonds. The number of hydrogen-bond donors (Lipinski definition) is 3. The Morgan fingerprint density at radius 3 is 2.75 bits per heavy atom. The zero-order valence-corrected chi connectivity index (χ0v) is 16.1. The summed E-state index contributed by atoms with van der Waals surface area (Å²) in [6.45, 7) is 1.63. The zero-order chi connectivity index (χ0) is 20.3. The molecule has 2 atom stereocenters. The Hall–Kier alpha value is -2.22. The minimum absolute atomic E-state index is 0.00942. The van der Waals surface area contributed by atoms with Crippen molar-refractivity contribution in [3.05, 3.63) is 46.4 Å². The fraction of sp³-hybridized carbons (Fsp3) is 0.400. The zero-order valence-electron chi connectivity index (χ0n) is 15.3. The average molecular weight is 406 g/mol. The van der Waals surface area contributed by atoms with Gasteiger partial charge in [-0.05, 0) is 49.9 Å². The molecular weight excluding hydrogens is 385 g/mol. The van der Waals surface area contributed by atoms with Crippen LogP contribution < -0.4 is 16.2 Å². The quantitative estimate of drug-likeness (QED) is 0.706. The number of ether oxygens (including phenoxy) is 1. The van der Waals surface area contributed by atoms with Gasteiger partial charge in [-0.15, -0.1) is 0 Å². The number of amides is 1. The highest BCUT2D eigenvalue weighted by Gasteiger charge is 2.49. The molecule has 1 aliphatic carbocycles. The molecule has 2 heterocycles. The highest BCUT2D eigenvalue weighted by atomic mass is 35.5. The third-order valence-electron chi connectivity index (χ3n) is 5.81. The molecule has 0 saturated heterocycles. The molecule has 5 N–H and O–H groups in total. The number of aliphatic hydroxyl groups is 1. The van der Waals surface area contributed by atoms with Gasteiger partial charge in [-0.1, -0.05) is 11.6 Å². The van der Waals surface area contributed by atoms with E-state index in [-0.39, 0.29) is 41.1 Å². The Kier molecular flexibility index (Phi) is 4.37. The van der Waals surface area contributed by atoms with Crippen molar-refractivity contribution >= 4 is 17.5 Å². The molecular formula is C20H21ClFN3O3. The maximum atomic E-state index is 14.7. The highest BCUT2D eigenvalue weighted by Crippen LogP contribution is 2.49. The fourth-order valence-electron chi connectivity index (χ4n) is 3.71. The Bertz CT molecular complexity index is 981. The molecule has 0 spiro atoms. The molecule has 148 valence electrons. The number of benzene rings is 1. The van der Waals surface area contributed by atoms with E-state index in [1.54, 1.807) is 19.1 Å². The summed E-state index contributed by atoms with van der Waals surface area (Å²) in [6.07, 6.45) is 1.64. The van der Waals surface area contributed by atoms with Crippen LogP contribution in [-0.4, -0.2) is 29.1 Å². The average Bonchev–Trinajstić information content (AvgIpc) is 3.45. The molecule has 0 unspecified atom stereocenters. The lowest BCUT2D eigenvalue weighted by Gasteiger charge is -2.28. The number of carbonyl (C=O) groups is 1. The first kappa shape index (κ1) is 19.1. The highest BCUT2D eigenvalue weighted by molar-refractivity contribution is 6.30. The van der Waals surface area contributed by atoms with Gasteiger partial charge in [0.15, 0.2) is 0 Å². The summed E-state index contributed by atoms with van der Waals surface area (Å²) in [5.74, 6) is -0.915. The van der Waals surface area contributed by atoms with Gasteiger partial charge in [0.25, 0.3) is 0 Å². The Labute approximate surface area is 166 Å². The van der Waals surface area contributed by atoms with Crippen molar-refractivity contribution in [3.8, 4) is 17.0 Å². The lowest BCUT2D eigenvalue weighted by atomic mass is 9.81. The number of primary amides is 1. The SMILES string of the molecule is C[C@]1(C(N)=O)COc2c1cc([C@@](O)(CN)C1CC1)nc2-c1ccc(Cl)cc1F. The van der Waals surface area contributed by atoms with Crippen molar-refractivity contribution in [3.63, 3.8) is 0 Å². The maximum Gasteiger partial charge on any atom is 0.231 e. The number of rotatable bonds is 5. The van der Waals surface area contributed by atoms with E-state index < -0.39 is 22.7 Å². The molecule has 1 saturated carbocycles. The van der Waals surface area contributed by atoms with E-state index in [1.165, 1.54) is 12.1 Å². The number of nitrogens with two attached hydrogens (primary N) is 2. The van der Waals surface area contributed by atoms with Crippen LogP contribution in [0.5, 0.6) is 5.75 Å². The van der Waals surface area contributed by atoms with E-state index in [9.17, 15) is 14.3 Å². The Morgan fingerprint density at radius 1 is 1.46 bits per heavy atom. The molecule has 1 fully saturated rings. The molecule has 8 heteroatoms. The maximum absolute atomic E-state index is 14.7. The van der Waals surface area contributed by atoms with Crippen molar-refractivity contribution in [1.82, 2.24) is 4.98 Å². The summed E-state index contributed by atoms with van der Waals surface area (Å²) >= 11 is 5.88. The van der Waals surface area contributed by atoms with E-state index in [4.69, 9.17) is 27.8 Å². The first-order valence-corrected chi connectivity index (χ1v) is 9.45. The van der Waals surface area contributed by atoms with Gasteiger partial charge in [-0.3, -0.25) is 4.79 Å². The normalized spacial score (nSPS) is 23.0. The second kappa shape index (κ2) is 6.40. The van der Waals surface area contributed by atoms with Gasteiger partial charge in [0.1, 0.15) is 34.9 Å². The molecule has 0 bridgehead atoms. The summed E-state index contributed by atoms with van der Waals surface area (Å²) in [6, 6.07) is 5.83. The van der Waals surface area contributed by atoms with Crippen molar-refractivity contribution in [1.29, 1.82) is 0 Å². The van der Waals surface area contributed by atoms with Gasteiger partial charge in [0, 0.05) is 22.7 Å². The summed E-state index contributed by atoms with van der Waals surface area (Å²) in [5.41, 5.74) is 10.1. The molecule has 28 heavy (non-hydrogen) atoms. The van der Waals surface area contributed by atoms with E-state index in [0.717, 1.165) is 12.8 Å². The van der Waals surface area contributed by atoms with Gasteiger partial charge >= 0.3 is 0 Å². The summed E-state index contributed by atoms with van der Waals surface area (Å²) in [5, 5.41) is 11.4. The monoisotopic (exact) mass is 405 g/mol. The summed E-state index contributed by atoms with van der Waals surface area (Å²) < 4.78 is 20.4. The third-order valence-corrected chi connectivity index (χ3v) is 6.05. The summed E-state index contributed by atoms with van der Waals surface area (Å²) in [4.78, 5) is 16.7. The molecule has 6 nitrogen and oxygen atoms in total. The van der Waals surface area contributed by atoms with Crippen molar-refractivity contribution in [2.24, 2.45) is 17.4 Å². The van der Waals surface area contributed by atoms with Gasteiger partial charge in [-0.2, -0.15) is 0 Å². The smallest absolute Gasteiger partial charge is 0.231 e. The number of halogens is 2. The van der Waals surface area contributed by atoms with Crippen LogP contribution in [0.4, 0.5) is 4.39 Å². The van der Waals surface area contributed by atoms with Crippen molar-refractivity contribution in [2.75, 3.05) is 13.2 Å². The van der Waals surface area contributed by atoms with Gasteiger partial charge in [-0.25, -0.2) is 9.37 Å². The lowest BCUT2D eigenvalue weighted by Crippen LogP contribution is -2.41. The van der Waals surface area contributed by atoms with Crippen LogP contribution in [0.3, 0.4) is 0 Å². The molecule has 0 radical (unpaired) electrons. The van der Waals surface area contributed by atoms with Gasteiger partial charge in [0.2, 0.25) is 5.91 Å². The van der Waals surface area contributed by atoms with Crippen LogP contribution >= 0.6 is 11.6 Å². The Morgan fingerprint density at radius 2 is 2.18 bits per heavy atom.